The van der Waals surface area contributed by atoms with Gasteiger partial charge in [0.2, 0.25) is 5.82 Å². The second kappa shape index (κ2) is 11.0. The Morgan fingerprint density at radius 1 is 1.09 bits per heavy atom. The van der Waals surface area contributed by atoms with E-state index in [-0.39, 0.29) is 12.1 Å². The first-order valence-electron chi connectivity index (χ1n) is 11.8. The SMILES string of the molecule is COc1ccc(C2NC(=S)N(CCCOC(C)C)C(C)=C2c2nc(-c3ccc(C)cc3)no2)cc1. The fourth-order valence-electron chi connectivity index (χ4n) is 4.07. The van der Waals surface area contributed by atoms with Crippen molar-refractivity contribution >= 4 is 22.9 Å². The Balaban J connectivity index is 1.70. The number of nitrogens with zero attached hydrogens (tertiary/aromatic N) is 3. The number of hydrogen-bond donors (Lipinski definition) is 1. The fraction of sp³-hybridized carbons (Fsp3) is 0.370. The Hall–Kier alpha value is -3.23. The Bertz CT molecular complexity index is 1190. The lowest BCUT2D eigenvalue weighted by Crippen LogP contribution is -2.46. The van der Waals surface area contributed by atoms with E-state index < -0.39 is 0 Å². The number of ether oxygens (including phenoxy) is 2. The molecule has 2 heterocycles. The van der Waals surface area contributed by atoms with Crippen LogP contribution >= 0.6 is 12.2 Å². The first-order valence-corrected chi connectivity index (χ1v) is 12.2. The maximum Gasteiger partial charge on any atom is 0.258 e. The molecule has 1 aliphatic rings. The number of aryl methyl sites for hydroxylation is 1. The molecule has 2 aromatic carbocycles. The first kappa shape index (κ1) is 24.9. The number of nitrogens with one attached hydrogen (secondary N) is 1. The molecule has 0 aliphatic carbocycles. The van der Waals surface area contributed by atoms with Crippen LogP contribution in [-0.4, -0.2) is 46.5 Å². The van der Waals surface area contributed by atoms with Crippen LogP contribution in [0.5, 0.6) is 5.75 Å². The molecule has 7 nitrogen and oxygen atoms in total. The monoisotopic (exact) mass is 492 g/mol. The van der Waals surface area contributed by atoms with Crippen LogP contribution in [0, 0.1) is 6.92 Å². The summed E-state index contributed by atoms with van der Waals surface area (Å²) in [6.07, 6.45) is 1.04. The van der Waals surface area contributed by atoms with Crippen molar-refractivity contribution in [3.05, 3.63) is 71.2 Å². The lowest BCUT2D eigenvalue weighted by atomic mass is 9.94. The minimum Gasteiger partial charge on any atom is -0.497 e. The van der Waals surface area contributed by atoms with Crippen LogP contribution in [0.25, 0.3) is 17.0 Å². The number of rotatable bonds is 9. The van der Waals surface area contributed by atoms with Crippen molar-refractivity contribution in [3.63, 3.8) is 0 Å². The highest BCUT2D eigenvalue weighted by molar-refractivity contribution is 7.80. The van der Waals surface area contributed by atoms with E-state index in [2.05, 4.69) is 29.2 Å². The van der Waals surface area contributed by atoms with E-state index in [9.17, 15) is 0 Å². The maximum absolute atomic E-state index is 5.82. The lowest BCUT2D eigenvalue weighted by Gasteiger charge is -2.37. The molecule has 1 N–H and O–H groups in total. The Morgan fingerprint density at radius 3 is 2.46 bits per heavy atom. The van der Waals surface area contributed by atoms with Crippen molar-refractivity contribution in [2.75, 3.05) is 20.3 Å². The van der Waals surface area contributed by atoms with Gasteiger partial charge in [0.1, 0.15) is 5.75 Å². The second-order valence-electron chi connectivity index (χ2n) is 8.87. The molecule has 1 atom stereocenters. The van der Waals surface area contributed by atoms with Gasteiger partial charge in [-0.15, -0.1) is 0 Å². The average molecular weight is 493 g/mol. The molecule has 35 heavy (non-hydrogen) atoms. The summed E-state index contributed by atoms with van der Waals surface area (Å²) in [6, 6.07) is 15.8. The Labute approximate surface area is 212 Å². The van der Waals surface area contributed by atoms with Crippen LogP contribution in [0.15, 0.2) is 58.8 Å². The van der Waals surface area contributed by atoms with Gasteiger partial charge in [0.15, 0.2) is 5.11 Å². The highest BCUT2D eigenvalue weighted by atomic mass is 32.1. The van der Waals surface area contributed by atoms with Crippen molar-refractivity contribution in [2.24, 2.45) is 0 Å². The van der Waals surface area contributed by atoms with Gasteiger partial charge in [0.25, 0.3) is 5.89 Å². The van der Waals surface area contributed by atoms with Crippen molar-refractivity contribution in [1.29, 1.82) is 0 Å². The van der Waals surface area contributed by atoms with Crippen molar-refractivity contribution in [2.45, 2.75) is 46.3 Å². The molecule has 1 aromatic heterocycles. The third-order valence-corrected chi connectivity index (χ3v) is 6.33. The van der Waals surface area contributed by atoms with E-state index in [0.29, 0.717) is 23.4 Å². The lowest BCUT2D eigenvalue weighted by molar-refractivity contribution is 0.0749. The van der Waals surface area contributed by atoms with Crippen LogP contribution in [0.1, 0.15) is 50.3 Å². The predicted octanol–water partition coefficient (Wildman–Crippen LogP) is 5.53. The minimum atomic E-state index is -0.233. The average Bonchev–Trinajstić information content (AvgIpc) is 3.33. The largest absolute Gasteiger partial charge is 0.497 e. The summed E-state index contributed by atoms with van der Waals surface area (Å²) in [4.78, 5) is 6.87. The van der Waals surface area contributed by atoms with Crippen molar-refractivity contribution in [1.82, 2.24) is 20.4 Å². The Kier molecular flexibility index (Phi) is 7.83. The van der Waals surface area contributed by atoms with Gasteiger partial charge in [-0.1, -0.05) is 47.1 Å². The summed E-state index contributed by atoms with van der Waals surface area (Å²) in [5, 5.41) is 8.44. The van der Waals surface area contributed by atoms with Gasteiger partial charge in [-0.05, 0) is 64.0 Å². The van der Waals surface area contributed by atoms with Crippen LogP contribution < -0.4 is 10.1 Å². The van der Waals surface area contributed by atoms with Gasteiger partial charge in [-0.3, -0.25) is 0 Å². The highest BCUT2D eigenvalue weighted by Crippen LogP contribution is 2.38. The van der Waals surface area contributed by atoms with Crippen LogP contribution in [0.4, 0.5) is 0 Å². The standard InChI is InChI=1S/C27H32N4O3S/c1-17(2)33-16-6-15-31-19(4)23(24(28-27(31)35)20-11-13-22(32-5)14-12-20)26-29-25(30-34-26)21-9-7-18(3)8-10-21/h7-14,17,24H,6,15-16H2,1-5H3,(H,28,35). The van der Waals surface area contributed by atoms with Gasteiger partial charge >= 0.3 is 0 Å². The van der Waals surface area contributed by atoms with E-state index in [1.165, 1.54) is 5.56 Å². The van der Waals surface area contributed by atoms with Crippen molar-refractivity contribution < 1.29 is 14.0 Å². The Morgan fingerprint density at radius 2 is 1.80 bits per heavy atom. The van der Waals surface area contributed by atoms with Gasteiger partial charge in [0, 0.05) is 24.4 Å². The zero-order valence-electron chi connectivity index (χ0n) is 20.9. The highest BCUT2D eigenvalue weighted by Gasteiger charge is 2.34. The molecule has 3 aromatic rings. The zero-order valence-corrected chi connectivity index (χ0v) is 21.7. The van der Waals surface area contributed by atoms with Crippen LogP contribution in [0.2, 0.25) is 0 Å². The van der Waals surface area contributed by atoms with E-state index >= 15 is 0 Å². The number of methoxy groups -OCH3 is 1. The minimum absolute atomic E-state index is 0.201. The van der Waals surface area contributed by atoms with E-state index in [4.69, 9.17) is 31.2 Å². The third-order valence-electron chi connectivity index (χ3n) is 5.99. The quantitative estimate of drug-likeness (QED) is 0.309. The molecule has 0 saturated carbocycles. The summed E-state index contributed by atoms with van der Waals surface area (Å²) < 4.78 is 16.9. The zero-order chi connectivity index (χ0) is 24.9. The predicted molar refractivity (Wildman–Crippen MR) is 141 cm³/mol. The maximum atomic E-state index is 5.82. The molecule has 0 saturated heterocycles. The van der Waals surface area contributed by atoms with E-state index in [1.54, 1.807) is 7.11 Å². The summed E-state index contributed by atoms with van der Waals surface area (Å²) >= 11 is 5.78. The van der Waals surface area contributed by atoms with E-state index in [1.807, 2.05) is 62.4 Å². The number of hydrogen-bond acceptors (Lipinski definition) is 6. The van der Waals surface area contributed by atoms with Crippen molar-refractivity contribution in [3.8, 4) is 17.1 Å². The number of allylic oxidation sites excluding steroid dienone is 1. The summed E-state index contributed by atoms with van der Waals surface area (Å²) in [5.74, 6) is 1.82. The molecular formula is C27H32N4O3S. The van der Waals surface area contributed by atoms with Gasteiger partial charge in [-0.25, -0.2) is 0 Å². The van der Waals surface area contributed by atoms with Crippen LogP contribution in [-0.2, 0) is 4.74 Å². The summed E-state index contributed by atoms with van der Waals surface area (Å²) in [6.45, 7) is 9.57. The molecule has 184 valence electrons. The molecule has 0 fully saturated rings. The number of thiocarbonyl (C=S) groups is 1. The van der Waals surface area contributed by atoms with Gasteiger partial charge in [0.05, 0.1) is 24.8 Å². The second-order valence-corrected chi connectivity index (χ2v) is 9.26. The van der Waals surface area contributed by atoms with Gasteiger partial charge in [-0.2, -0.15) is 4.98 Å². The molecular weight excluding hydrogens is 460 g/mol. The molecule has 0 radical (unpaired) electrons. The molecule has 0 bridgehead atoms. The molecule has 1 aliphatic heterocycles. The third kappa shape index (κ3) is 5.71. The smallest absolute Gasteiger partial charge is 0.258 e. The summed E-state index contributed by atoms with van der Waals surface area (Å²) in [7, 11) is 1.66. The number of aromatic nitrogens is 2. The molecule has 8 heteroatoms. The molecule has 4 rings (SSSR count). The molecule has 1 unspecified atom stereocenters. The number of benzene rings is 2. The first-order chi connectivity index (χ1) is 16.9. The van der Waals surface area contributed by atoms with E-state index in [0.717, 1.165) is 41.1 Å². The topological polar surface area (TPSA) is 72.7 Å². The van der Waals surface area contributed by atoms with Gasteiger partial charge < -0.3 is 24.2 Å². The van der Waals surface area contributed by atoms with Crippen LogP contribution in [0.3, 0.4) is 0 Å². The summed E-state index contributed by atoms with van der Waals surface area (Å²) in [5.41, 5.74) is 5.00. The normalized spacial score (nSPS) is 16.1. The molecule has 0 amide bonds. The molecule has 0 spiro atoms. The fourth-order valence-corrected chi connectivity index (χ4v) is 4.41.